The van der Waals surface area contributed by atoms with E-state index < -0.39 is 0 Å². The molecule has 232 valence electrons. The first-order chi connectivity index (χ1) is 20.9. The van der Waals surface area contributed by atoms with Crippen molar-refractivity contribution >= 4 is 28.4 Å². The number of rotatable bonds is 15. The van der Waals surface area contributed by atoms with E-state index in [1.165, 1.54) is 88.2 Å². The Labute approximate surface area is 259 Å². The maximum atomic E-state index is 12.7. The number of benzene rings is 1. The highest BCUT2D eigenvalue weighted by molar-refractivity contribution is 7.99. The lowest BCUT2D eigenvalue weighted by Crippen LogP contribution is -2.59. The third-order valence-electron chi connectivity index (χ3n) is 10.3. The quantitative estimate of drug-likeness (QED) is 0.161. The number of aryl methyl sites for hydroxylation is 1. The Morgan fingerprint density at radius 2 is 1.49 bits per heavy atom. The van der Waals surface area contributed by atoms with E-state index in [0.29, 0.717) is 24.1 Å². The van der Waals surface area contributed by atoms with Crippen LogP contribution in [0.3, 0.4) is 0 Å². The number of carbonyl (C=O) groups is 1. The third-order valence-corrected chi connectivity index (χ3v) is 11.4. The van der Waals surface area contributed by atoms with Crippen LogP contribution in [-0.2, 0) is 25.3 Å². The first-order valence-corrected chi connectivity index (χ1v) is 17.6. The summed E-state index contributed by atoms with van der Waals surface area (Å²) in [5, 5.41) is 19.4. The maximum Gasteiger partial charge on any atom is 0.274 e. The van der Waals surface area contributed by atoms with E-state index in [1.54, 1.807) is 18.8 Å². The van der Waals surface area contributed by atoms with Gasteiger partial charge in [0, 0.05) is 37.2 Å². The van der Waals surface area contributed by atoms with E-state index in [4.69, 9.17) is 0 Å². The SMILES string of the molecule is Cn1c(Cc2nn(C)c(=O)c3ccccc23)nnc1SCCCCCCCCCCC(=O)NC12CC3CC(CC(C3)C1)C2. The Kier molecular flexibility index (Phi) is 9.55. The summed E-state index contributed by atoms with van der Waals surface area (Å²) in [5.41, 5.74) is 0.918. The van der Waals surface area contributed by atoms with E-state index in [2.05, 4.69) is 25.2 Å². The molecule has 7 rings (SSSR count). The second kappa shape index (κ2) is 13.5. The Morgan fingerprint density at radius 3 is 2.16 bits per heavy atom. The van der Waals surface area contributed by atoms with Crippen LogP contribution < -0.4 is 10.9 Å². The van der Waals surface area contributed by atoms with Crippen LogP contribution in [0.1, 0.15) is 108 Å². The average Bonchev–Trinajstić information content (AvgIpc) is 3.31. The number of fused-ring (bicyclic) bond motifs is 1. The number of thioether (sulfide) groups is 1. The van der Waals surface area contributed by atoms with Crippen LogP contribution >= 0.6 is 11.8 Å². The molecule has 1 N–H and O–H groups in total. The standard InChI is InChI=1S/C34H48N6O2S/c1-39-30(20-29-27-13-10-11-14-28(27)32(42)40(2)38-29)36-37-33(39)43-16-12-8-6-4-3-5-7-9-15-31(41)35-34-21-24-17-25(22-34)19-26(18-24)23-34/h10-11,13-14,24-26H,3-9,12,15-23H2,1-2H3,(H,35,41). The van der Waals surface area contributed by atoms with E-state index in [0.717, 1.165) is 52.0 Å². The topological polar surface area (TPSA) is 94.7 Å². The first kappa shape index (κ1) is 30.4. The molecule has 4 aliphatic rings. The lowest BCUT2D eigenvalue weighted by Gasteiger charge is -2.56. The molecule has 2 heterocycles. The van der Waals surface area contributed by atoms with Gasteiger partial charge in [-0.25, -0.2) is 4.68 Å². The second-order valence-electron chi connectivity index (χ2n) is 13.7. The van der Waals surface area contributed by atoms with E-state index in [9.17, 15) is 9.59 Å². The highest BCUT2D eigenvalue weighted by Gasteiger charge is 2.51. The molecular weight excluding hydrogens is 556 g/mol. The number of unbranched alkanes of at least 4 members (excludes halogenated alkanes) is 7. The van der Waals surface area contributed by atoms with Gasteiger partial charge in [0.05, 0.1) is 17.5 Å². The van der Waals surface area contributed by atoms with E-state index in [-0.39, 0.29) is 11.1 Å². The summed E-state index contributed by atoms with van der Waals surface area (Å²) in [6, 6.07) is 7.63. The molecule has 2 aromatic heterocycles. The van der Waals surface area contributed by atoms with Crippen molar-refractivity contribution in [2.24, 2.45) is 31.8 Å². The zero-order valence-corrected chi connectivity index (χ0v) is 26.8. The van der Waals surface area contributed by atoms with Crippen LogP contribution in [-0.4, -0.2) is 41.7 Å². The number of hydrogen-bond acceptors (Lipinski definition) is 6. The fraction of sp³-hybridized carbons (Fsp3) is 0.676. The summed E-state index contributed by atoms with van der Waals surface area (Å²) >= 11 is 1.76. The summed E-state index contributed by atoms with van der Waals surface area (Å²) in [7, 11) is 3.70. The van der Waals surface area contributed by atoms with Crippen molar-refractivity contribution in [2.75, 3.05) is 5.75 Å². The molecule has 1 amide bonds. The monoisotopic (exact) mass is 604 g/mol. The van der Waals surface area contributed by atoms with Crippen LogP contribution in [0, 0.1) is 17.8 Å². The molecule has 4 saturated carbocycles. The lowest BCUT2D eigenvalue weighted by atomic mass is 9.53. The van der Waals surface area contributed by atoms with E-state index >= 15 is 0 Å². The molecule has 1 aromatic carbocycles. The van der Waals surface area contributed by atoms with Crippen LogP contribution in [0.25, 0.3) is 10.8 Å². The highest BCUT2D eigenvalue weighted by Crippen LogP contribution is 2.55. The molecule has 0 radical (unpaired) electrons. The maximum absolute atomic E-state index is 12.7. The minimum atomic E-state index is -0.0833. The Hall–Kier alpha value is -2.68. The van der Waals surface area contributed by atoms with Gasteiger partial charge in [0.1, 0.15) is 5.82 Å². The molecule has 3 aromatic rings. The fourth-order valence-electron chi connectivity index (χ4n) is 8.51. The van der Waals surface area contributed by atoms with Crippen molar-refractivity contribution < 1.29 is 4.79 Å². The van der Waals surface area contributed by atoms with Crippen LogP contribution in [0.4, 0.5) is 0 Å². The van der Waals surface area contributed by atoms with Gasteiger partial charge in [-0.1, -0.05) is 68.5 Å². The zero-order chi connectivity index (χ0) is 29.8. The molecule has 4 fully saturated rings. The van der Waals surface area contributed by atoms with Gasteiger partial charge in [0.2, 0.25) is 5.91 Å². The number of nitrogens with zero attached hydrogens (tertiary/aromatic N) is 5. The minimum Gasteiger partial charge on any atom is -0.351 e. The van der Waals surface area contributed by atoms with Crippen molar-refractivity contribution in [3.05, 3.63) is 46.1 Å². The van der Waals surface area contributed by atoms with Gasteiger partial charge in [0.25, 0.3) is 5.56 Å². The molecule has 0 saturated heterocycles. The Balaban J connectivity index is 0.825. The summed E-state index contributed by atoms with van der Waals surface area (Å²) in [6.45, 7) is 0. The second-order valence-corrected chi connectivity index (χ2v) is 14.8. The first-order valence-electron chi connectivity index (χ1n) is 16.7. The molecule has 8 nitrogen and oxygen atoms in total. The van der Waals surface area contributed by atoms with Crippen LogP contribution in [0.15, 0.2) is 34.2 Å². The van der Waals surface area contributed by atoms with Crippen molar-refractivity contribution in [1.29, 1.82) is 0 Å². The molecule has 4 aliphatic carbocycles. The smallest absolute Gasteiger partial charge is 0.274 e. The lowest BCUT2D eigenvalue weighted by molar-refractivity contribution is -0.127. The van der Waals surface area contributed by atoms with Crippen molar-refractivity contribution in [3.8, 4) is 0 Å². The summed E-state index contributed by atoms with van der Waals surface area (Å²) in [4.78, 5) is 25.1. The summed E-state index contributed by atoms with van der Waals surface area (Å²) in [6.07, 6.45) is 18.9. The van der Waals surface area contributed by atoms with Gasteiger partial charge in [-0.3, -0.25) is 9.59 Å². The molecule has 0 atom stereocenters. The van der Waals surface area contributed by atoms with Gasteiger partial charge in [-0.05, 0) is 75.2 Å². The number of carbonyl (C=O) groups excluding carboxylic acids is 1. The van der Waals surface area contributed by atoms with Crippen molar-refractivity contribution in [1.82, 2.24) is 29.9 Å². The molecule has 0 aliphatic heterocycles. The van der Waals surface area contributed by atoms with Gasteiger partial charge in [-0.2, -0.15) is 5.10 Å². The van der Waals surface area contributed by atoms with Gasteiger partial charge < -0.3 is 9.88 Å². The normalized spacial score (nSPS) is 24.2. The Bertz CT molecular complexity index is 1440. The van der Waals surface area contributed by atoms with Gasteiger partial charge in [0.15, 0.2) is 5.16 Å². The molecular formula is C34H48N6O2S. The van der Waals surface area contributed by atoms with E-state index in [1.807, 2.05) is 31.3 Å². The van der Waals surface area contributed by atoms with Crippen LogP contribution in [0.5, 0.6) is 0 Å². The molecule has 0 unspecified atom stereocenters. The van der Waals surface area contributed by atoms with Crippen molar-refractivity contribution in [3.63, 3.8) is 0 Å². The number of hydrogen-bond donors (Lipinski definition) is 1. The Morgan fingerprint density at radius 1 is 0.884 bits per heavy atom. The molecule has 9 heteroatoms. The minimum absolute atomic E-state index is 0.0833. The average molecular weight is 605 g/mol. The predicted molar refractivity (Wildman–Crippen MR) is 172 cm³/mol. The number of aromatic nitrogens is 5. The fourth-order valence-corrected chi connectivity index (χ4v) is 9.44. The van der Waals surface area contributed by atoms with Crippen LogP contribution in [0.2, 0.25) is 0 Å². The number of nitrogens with one attached hydrogen (secondary N) is 1. The van der Waals surface area contributed by atoms with Crippen molar-refractivity contribution in [2.45, 2.75) is 113 Å². The predicted octanol–water partition coefficient (Wildman–Crippen LogP) is 6.34. The molecule has 43 heavy (non-hydrogen) atoms. The largest absolute Gasteiger partial charge is 0.351 e. The summed E-state index contributed by atoms with van der Waals surface area (Å²) in [5.74, 6) is 4.84. The number of amides is 1. The third kappa shape index (κ3) is 7.18. The van der Waals surface area contributed by atoms with Gasteiger partial charge in [-0.15, -0.1) is 10.2 Å². The highest BCUT2D eigenvalue weighted by atomic mass is 32.2. The summed E-state index contributed by atoms with van der Waals surface area (Å²) < 4.78 is 3.46. The molecule has 4 bridgehead atoms. The molecule has 0 spiro atoms. The van der Waals surface area contributed by atoms with Gasteiger partial charge >= 0.3 is 0 Å². The zero-order valence-electron chi connectivity index (χ0n) is 26.0.